The fourth-order valence-electron chi connectivity index (χ4n) is 1.98. The standard InChI is InChI=1S/C15H18ClN3O2/c1-10-13(11(2)21-18-10)9-19(3)15(20)17-8-12-6-4-5-7-14(12)16/h4-7H,8-9H2,1-3H3,(H,17,20). The molecule has 0 aliphatic rings. The summed E-state index contributed by atoms with van der Waals surface area (Å²) in [5.41, 5.74) is 2.63. The van der Waals surface area contributed by atoms with Crippen LogP contribution in [0.2, 0.25) is 5.02 Å². The Labute approximate surface area is 128 Å². The van der Waals surface area contributed by atoms with Gasteiger partial charge in [-0.05, 0) is 25.5 Å². The molecule has 0 radical (unpaired) electrons. The van der Waals surface area contributed by atoms with Gasteiger partial charge in [-0.3, -0.25) is 0 Å². The van der Waals surface area contributed by atoms with Crippen LogP contribution in [-0.2, 0) is 13.1 Å². The van der Waals surface area contributed by atoms with Crippen molar-refractivity contribution in [1.29, 1.82) is 0 Å². The zero-order valence-corrected chi connectivity index (χ0v) is 13.1. The van der Waals surface area contributed by atoms with Gasteiger partial charge in [-0.2, -0.15) is 0 Å². The third-order valence-corrected chi connectivity index (χ3v) is 3.68. The van der Waals surface area contributed by atoms with Crippen LogP contribution >= 0.6 is 11.6 Å². The normalized spacial score (nSPS) is 10.5. The minimum Gasteiger partial charge on any atom is -0.361 e. The van der Waals surface area contributed by atoms with E-state index >= 15 is 0 Å². The summed E-state index contributed by atoms with van der Waals surface area (Å²) in [5.74, 6) is 0.734. The van der Waals surface area contributed by atoms with Crippen molar-refractivity contribution in [1.82, 2.24) is 15.4 Å². The van der Waals surface area contributed by atoms with Gasteiger partial charge in [0.1, 0.15) is 5.76 Å². The van der Waals surface area contributed by atoms with Gasteiger partial charge in [0.05, 0.1) is 12.2 Å². The molecule has 0 unspecified atom stereocenters. The van der Waals surface area contributed by atoms with Gasteiger partial charge in [-0.25, -0.2) is 4.79 Å². The Balaban J connectivity index is 1.93. The molecule has 1 aromatic carbocycles. The van der Waals surface area contributed by atoms with Crippen molar-refractivity contribution in [3.8, 4) is 0 Å². The van der Waals surface area contributed by atoms with Crippen molar-refractivity contribution < 1.29 is 9.32 Å². The van der Waals surface area contributed by atoms with Gasteiger partial charge in [0.25, 0.3) is 0 Å². The summed E-state index contributed by atoms with van der Waals surface area (Å²) in [5, 5.41) is 7.37. The Kier molecular flexibility index (Phi) is 4.85. The molecule has 0 spiro atoms. The molecule has 0 atom stereocenters. The largest absolute Gasteiger partial charge is 0.361 e. The summed E-state index contributed by atoms with van der Waals surface area (Å²) in [6.07, 6.45) is 0. The summed E-state index contributed by atoms with van der Waals surface area (Å²) in [7, 11) is 1.73. The number of aromatic nitrogens is 1. The number of halogens is 1. The number of hydrogen-bond acceptors (Lipinski definition) is 3. The first kappa shape index (κ1) is 15.4. The third kappa shape index (κ3) is 3.76. The predicted molar refractivity (Wildman–Crippen MR) is 81.1 cm³/mol. The van der Waals surface area contributed by atoms with Crippen LogP contribution < -0.4 is 5.32 Å². The molecule has 0 saturated heterocycles. The zero-order chi connectivity index (χ0) is 15.4. The number of urea groups is 1. The molecule has 1 heterocycles. The predicted octanol–water partition coefficient (Wildman–Crippen LogP) is 3.29. The maximum absolute atomic E-state index is 12.1. The molecule has 112 valence electrons. The first-order valence-electron chi connectivity index (χ1n) is 6.63. The Bertz CT molecular complexity index is 620. The second kappa shape index (κ2) is 6.63. The third-order valence-electron chi connectivity index (χ3n) is 3.31. The molecule has 21 heavy (non-hydrogen) atoms. The van der Waals surface area contributed by atoms with E-state index in [0.717, 1.165) is 22.6 Å². The molecule has 0 bridgehead atoms. The lowest BCUT2D eigenvalue weighted by Gasteiger charge is -2.18. The zero-order valence-electron chi connectivity index (χ0n) is 12.3. The number of carbonyl (C=O) groups is 1. The van der Waals surface area contributed by atoms with Crippen LogP contribution in [0.1, 0.15) is 22.6 Å². The second-order valence-corrected chi connectivity index (χ2v) is 5.32. The SMILES string of the molecule is Cc1noc(C)c1CN(C)C(=O)NCc1ccccc1Cl. The van der Waals surface area contributed by atoms with Crippen LogP contribution in [0.15, 0.2) is 28.8 Å². The number of rotatable bonds is 4. The highest BCUT2D eigenvalue weighted by atomic mass is 35.5. The van der Waals surface area contributed by atoms with E-state index in [9.17, 15) is 4.79 Å². The Morgan fingerprint density at radius 3 is 2.71 bits per heavy atom. The lowest BCUT2D eigenvalue weighted by atomic mass is 10.2. The molecule has 1 aromatic heterocycles. The molecule has 0 aliphatic heterocycles. The molecule has 0 aliphatic carbocycles. The van der Waals surface area contributed by atoms with Crippen molar-refractivity contribution >= 4 is 17.6 Å². The number of hydrogen-bond donors (Lipinski definition) is 1. The monoisotopic (exact) mass is 307 g/mol. The molecular weight excluding hydrogens is 290 g/mol. The first-order chi connectivity index (χ1) is 9.99. The van der Waals surface area contributed by atoms with E-state index in [1.54, 1.807) is 18.0 Å². The summed E-state index contributed by atoms with van der Waals surface area (Å²) >= 11 is 6.06. The van der Waals surface area contributed by atoms with Crippen molar-refractivity contribution in [3.05, 3.63) is 51.9 Å². The van der Waals surface area contributed by atoms with E-state index < -0.39 is 0 Å². The number of nitrogens with one attached hydrogen (secondary N) is 1. The van der Waals surface area contributed by atoms with E-state index in [2.05, 4.69) is 10.5 Å². The molecule has 6 heteroatoms. The maximum atomic E-state index is 12.1. The first-order valence-corrected chi connectivity index (χ1v) is 7.01. The van der Waals surface area contributed by atoms with Gasteiger partial charge in [-0.15, -0.1) is 0 Å². The van der Waals surface area contributed by atoms with Crippen LogP contribution in [0, 0.1) is 13.8 Å². The molecule has 2 rings (SSSR count). The smallest absolute Gasteiger partial charge is 0.317 e. The fourth-order valence-corrected chi connectivity index (χ4v) is 2.19. The summed E-state index contributed by atoms with van der Waals surface area (Å²) in [4.78, 5) is 13.7. The van der Waals surface area contributed by atoms with Crippen LogP contribution in [0.3, 0.4) is 0 Å². The molecule has 1 N–H and O–H groups in total. The van der Waals surface area contributed by atoms with Gasteiger partial charge < -0.3 is 14.7 Å². The molecule has 2 amide bonds. The van der Waals surface area contributed by atoms with Gasteiger partial charge in [0, 0.05) is 24.2 Å². The highest BCUT2D eigenvalue weighted by Gasteiger charge is 2.15. The van der Waals surface area contributed by atoms with Crippen molar-refractivity contribution in [2.75, 3.05) is 7.05 Å². The van der Waals surface area contributed by atoms with E-state index in [1.807, 2.05) is 32.0 Å². The average Bonchev–Trinajstić information content (AvgIpc) is 2.78. The van der Waals surface area contributed by atoms with E-state index in [-0.39, 0.29) is 6.03 Å². The second-order valence-electron chi connectivity index (χ2n) is 4.91. The highest BCUT2D eigenvalue weighted by molar-refractivity contribution is 6.31. The minimum atomic E-state index is -0.171. The van der Waals surface area contributed by atoms with Crippen LogP contribution in [0.5, 0.6) is 0 Å². The summed E-state index contributed by atoms with van der Waals surface area (Å²) in [6, 6.07) is 7.26. The van der Waals surface area contributed by atoms with Crippen LogP contribution in [0.4, 0.5) is 4.79 Å². The Morgan fingerprint density at radius 2 is 2.10 bits per heavy atom. The van der Waals surface area contributed by atoms with E-state index in [0.29, 0.717) is 18.1 Å². The fraction of sp³-hybridized carbons (Fsp3) is 0.333. The number of benzene rings is 1. The Morgan fingerprint density at radius 1 is 1.38 bits per heavy atom. The lowest BCUT2D eigenvalue weighted by molar-refractivity contribution is 0.206. The molecule has 2 aromatic rings. The lowest BCUT2D eigenvalue weighted by Crippen LogP contribution is -2.36. The van der Waals surface area contributed by atoms with Crippen LogP contribution in [-0.4, -0.2) is 23.1 Å². The van der Waals surface area contributed by atoms with Crippen LogP contribution in [0.25, 0.3) is 0 Å². The van der Waals surface area contributed by atoms with E-state index in [1.165, 1.54) is 0 Å². The number of amides is 2. The van der Waals surface area contributed by atoms with E-state index in [4.69, 9.17) is 16.1 Å². The molecule has 0 fully saturated rings. The molecule has 5 nitrogen and oxygen atoms in total. The van der Waals surface area contributed by atoms with Crippen molar-refractivity contribution in [2.45, 2.75) is 26.9 Å². The van der Waals surface area contributed by atoms with Gasteiger partial charge in [0.2, 0.25) is 0 Å². The highest BCUT2D eigenvalue weighted by Crippen LogP contribution is 2.16. The quantitative estimate of drug-likeness (QED) is 0.943. The molecule has 0 saturated carbocycles. The maximum Gasteiger partial charge on any atom is 0.317 e. The van der Waals surface area contributed by atoms with Crippen molar-refractivity contribution in [3.63, 3.8) is 0 Å². The topological polar surface area (TPSA) is 58.4 Å². The number of aryl methyl sites for hydroxylation is 2. The number of carbonyl (C=O) groups excluding carboxylic acids is 1. The average molecular weight is 308 g/mol. The molecular formula is C15H18ClN3O2. The summed E-state index contributed by atoms with van der Waals surface area (Å²) < 4.78 is 5.10. The van der Waals surface area contributed by atoms with Crippen molar-refractivity contribution in [2.24, 2.45) is 0 Å². The summed E-state index contributed by atoms with van der Waals surface area (Å²) in [6.45, 7) is 4.55. The minimum absolute atomic E-state index is 0.171. The number of nitrogens with zero attached hydrogens (tertiary/aromatic N) is 2. The Hall–Kier alpha value is -2.01. The van der Waals surface area contributed by atoms with Gasteiger partial charge >= 0.3 is 6.03 Å². The van der Waals surface area contributed by atoms with Gasteiger partial charge in [0.15, 0.2) is 0 Å². The van der Waals surface area contributed by atoms with Gasteiger partial charge in [-0.1, -0.05) is 35.0 Å².